The van der Waals surface area contributed by atoms with E-state index in [-0.39, 0.29) is 17.8 Å². The molecule has 1 saturated heterocycles. The number of H-pyrrole nitrogens is 1. The van der Waals surface area contributed by atoms with Crippen molar-refractivity contribution < 1.29 is 4.79 Å². The second-order valence-corrected chi connectivity index (χ2v) is 7.87. The molecule has 0 aliphatic carbocycles. The molecule has 4 rings (SSSR count). The van der Waals surface area contributed by atoms with Gasteiger partial charge in [-0.05, 0) is 50.7 Å². The van der Waals surface area contributed by atoms with E-state index < -0.39 is 0 Å². The Hall–Kier alpha value is -3.22. The average Bonchev–Trinajstić information content (AvgIpc) is 3.43. The fourth-order valence-electron chi connectivity index (χ4n) is 3.97. The Bertz CT molecular complexity index is 986. The summed E-state index contributed by atoms with van der Waals surface area (Å²) in [7, 11) is 0. The van der Waals surface area contributed by atoms with Crippen LogP contribution in [0.1, 0.15) is 45.8 Å². The third kappa shape index (κ3) is 4.50. The van der Waals surface area contributed by atoms with Crippen molar-refractivity contribution >= 4 is 11.7 Å². The predicted molar refractivity (Wildman–Crippen MR) is 116 cm³/mol. The van der Waals surface area contributed by atoms with Gasteiger partial charge in [0.1, 0.15) is 5.82 Å². The van der Waals surface area contributed by atoms with Gasteiger partial charge in [-0.25, -0.2) is 9.97 Å². The molecule has 1 aliphatic rings. The second-order valence-electron chi connectivity index (χ2n) is 7.87. The van der Waals surface area contributed by atoms with Crippen molar-refractivity contribution in [3.63, 3.8) is 0 Å². The molecule has 2 aromatic heterocycles. The summed E-state index contributed by atoms with van der Waals surface area (Å²) in [6.07, 6.45) is 7.43. The number of aromatic amines is 1. The van der Waals surface area contributed by atoms with Crippen molar-refractivity contribution in [2.75, 3.05) is 18.4 Å². The van der Waals surface area contributed by atoms with E-state index in [1.54, 1.807) is 0 Å². The lowest BCUT2D eigenvalue weighted by molar-refractivity contribution is 0.0724. The van der Waals surface area contributed by atoms with Crippen molar-refractivity contribution in [1.29, 1.82) is 0 Å². The number of aromatic nitrogens is 4. The number of nitrogens with zero attached hydrogens (tertiary/aromatic N) is 4. The Morgan fingerprint density at radius 3 is 2.80 bits per heavy atom. The highest BCUT2D eigenvalue weighted by molar-refractivity contribution is 5.91. The maximum absolute atomic E-state index is 13.3. The molecule has 30 heavy (non-hydrogen) atoms. The van der Waals surface area contributed by atoms with Gasteiger partial charge in [-0.2, -0.15) is 5.10 Å². The van der Waals surface area contributed by atoms with Crippen LogP contribution in [0.2, 0.25) is 0 Å². The molecule has 0 saturated carbocycles. The molecule has 1 aliphatic heterocycles. The second kappa shape index (κ2) is 9.07. The molecule has 1 fully saturated rings. The van der Waals surface area contributed by atoms with Gasteiger partial charge in [0.05, 0.1) is 6.20 Å². The molecule has 3 heterocycles. The maximum atomic E-state index is 13.3. The highest BCUT2D eigenvalue weighted by atomic mass is 16.2. The molecule has 0 bridgehead atoms. The summed E-state index contributed by atoms with van der Waals surface area (Å²) in [5.41, 5.74) is 4.19. The molecular formula is C23H28N6O. The number of aryl methyl sites for hydroxylation is 1. The number of likely N-dealkylation sites (tertiary alicyclic amines) is 1. The van der Waals surface area contributed by atoms with Crippen LogP contribution in [0.15, 0.2) is 42.7 Å². The molecule has 1 aromatic carbocycles. The minimum atomic E-state index is -0.0746. The number of benzene rings is 1. The van der Waals surface area contributed by atoms with Gasteiger partial charge in [-0.1, -0.05) is 30.3 Å². The number of rotatable bonds is 7. The summed E-state index contributed by atoms with van der Waals surface area (Å²) in [5.74, 6) is 0.937. The van der Waals surface area contributed by atoms with Crippen LogP contribution < -0.4 is 5.32 Å². The van der Waals surface area contributed by atoms with E-state index in [4.69, 9.17) is 0 Å². The van der Waals surface area contributed by atoms with E-state index >= 15 is 0 Å². The fourth-order valence-corrected chi connectivity index (χ4v) is 3.97. The van der Waals surface area contributed by atoms with Crippen LogP contribution >= 0.6 is 0 Å². The lowest BCUT2D eigenvalue weighted by Crippen LogP contribution is -2.38. The largest absolute Gasteiger partial charge is 0.369 e. The monoisotopic (exact) mass is 404 g/mol. The van der Waals surface area contributed by atoms with Crippen LogP contribution in [0.5, 0.6) is 0 Å². The lowest BCUT2D eigenvalue weighted by Gasteiger charge is -2.24. The maximum Gasteiger partial charge on any atom is 0.292 e. The van der Waals surface area contributed by atoms with Gasteiger partial charge in [0.2, 0.25) is 5.82 Å². The molecule has 1 amide bonds. The summed E-state index contributed by atoms with van der Waals surface area (Å²) in [4.78, 5) is 24.4. The summed E-state index contributed by atoms with van der Waals surface area (Å²) >= 11 is 0. The third-order valence-corrected chi connectivity index (χ3v) is 5.79. The van der Waals surface area contributed by atoms with Gasteiger partial charge in [-0.15, -0.1) is 0 Å². The molecule has 0 spiro atoms. The highest BCUT2D eigenvalue weighted by Crippen LogP contribution is 2.24. The topological polar surface area (TPSA) is 86.8 Å². The van der Waals surface area contributed by atoms with Crippen LogP contribution in [-0.2, 0) is 12.8 Å². The Morgan fingerprint density at radius 1 is 1.20 bits per heavy atom. The van der Waals surface area contributed by atoms with Crippen LogP contribution in [-0.4, -0.2) is 50.1 Å². The van der Waals surface area contributed by atoms with Crippen molar-refractivity contribution in [3.05, 3.63) is 70.9 Å². The van der Waals surface area contributed by atoms with E-state index in [1.807, 2.05) is 49.3 Å². The number of hydrogen-bond donors (Lipinski definition) is 2. The molecule has 3 aromatic rings. The first-order chi connectivity index (χ1) is 14.6. The fraction of sp³-hybridized carbons (Fsp3) is 0.391. The average molecular weight is 405 g/mol. The quantitative estimate of drug-likeness (QED) is 0.631. The van der Waals surface area contributed by atoms with Gasteiger partial charge in [0.25, 0.3) is 5.91 Å². The summed E-state index contributed by atoms with van der Waals surface area (Å²) in [6.45, 7) is 5.39. The first kappa shape index (κ1) is 20.1. The summed E-state index contributed by atoms with van der Waals surface area (Å²) in [6, 6.07) is 10.5. The normalized spacial score (nSPS) is 16.1. The molecule has 1 unspecified atom stereocenters. The number of carbonyl (C=O) groups is 1. The van der Waals surface area contributed by atoms with Crippen LogP contribution in [0.25, 0.3) is 0 Å². The smallest absolute Gasteiger partial charge is 0.292 e. The Morgan fingerprint density at radius 2 is 2.03 bits per heavy atom. The summed E-state index contributed by atoms with van der Waals surface area (Å²) < 4.78 is 0. The molecule has 7 heteroatoms. The van der Waals surface area contributed by atoms with Gasteiger partial charge in [0, 0.05) is 36.6 Å². The van der Waals surface area contributed by atoms with Crippen LogP contribution in [0.4, 0.5) is 5.82 Å². The minimum absolute atomic E-state index is 0.0746. The number of amides is 1. The molecular weight excluding hydrogens is 376 g/mol. The zero-order chi connectivity index (χ0) is 20.9. The van der Waals surface area contributed by atoms with Crippen molar-refractivity contribution in [3.8, 4) is 0 Å². The summed E-state index contributed by atoms with van der Waals surface area (Å²) in [5, 5.41) is 10.2. The number of carbonyl (C=O) groups excluding carboxylic acids is 1. The van der Waals surface area contributed by atoms with E-state index in [2.05, 4.69) is 37.6 Å². The molecule has 7 nitrogen and oxygen atoms in total. The SMILES string of the molecule is Cc1nc(C(=O)N2CCCC2Cc2ccccc2)nc(NCCc2cn[nH]c2)c1C. The van der Waals surface area contributed by atoms with Crippen LogP contribution in [0.3, 0.4) is 0 Å². The van der Waals surface area contributed by atoms with Crippen molar-refractivity contribution in [2.45, 2.75) is 45.6 Å². The van der Waals surface area contributed by atoms with Gasteiger partial charge >= 0.3 is 0 Å². The van der Waals surface area contributed by atoms with Crippen LogP contribution in [0, 0.1) is 13.8 Å². The zero-order valence-corrected chi connectivity index (χ0v) is 17.6. The highest BCUT2D eigenvalue weighted by Gasteiger charge is 2.31. The standard InChI is InChI=1S/C23H28N6O/c1-16-17(2)27-22(28-21(16)24-11-10-19-14-25-26-15-19)23(30)29-12-6-9-20(29)13-18-7-4-3-5-8-18/h3-5,7-8,14-15,20H,6,9-13H2,1-2H3,(H,25,26)(H,24,27,28). The number of nitrogens with one attached hydrogen (secondary N) is 2. The minimum Gasteiger partial charge on any atom is -0.369 e. The number of anilines is 1. The van der Waals surface area contributed by atoms with Gasteiger partial charge in [-0.3, -0.25) is 9.89 Å². The van der Waals surface area contributed by atoms with E-state index in [1.165, 1.54) is 5.56 Å². The number of hydrogen-bond acceptors (Lipinski definition) is 5. The molecule has 156 valence electrons. The first-order valence-corrected chi connectivity index (χ1v) is 10.5. The van der Waals surface area contributed by atoms with E-state index in [0.29, 0.717) is 6.54 Å². The molecule has 2 N–H and O–H groups in total. The Labute approximate surface area is 176 Å². The zero-order valence-electron chi connectivity index (χ0n) is 17.6. The molecule has 0 radical (unpaired) electrons. The predicted octanol–water partition coefficient (Wildman–Crippen LogP) is 3.32. The first-order valence-electron chi connectivity index (χ1n) is 10.5. The van der Waals surface area contributed by atoms with E-state index in [9.17, 15) is 4.79 Å². The Kier molecular flexibility index (Phi) is 6.07. The van der Waals surface area contributed by atoms with Crippen molar-refractivity contribution in [2.24, 2.45) is 0 Å². The van der Waals surface area contributed by atoms with Gasteiger partial charge < -0.3 is 10.2 Å². The lowest BCUT2D eigenvalue weighted by atomic mass is 10.0. The molecule has 1 atom stereocenters. The third-order valence-electron chi connectivity index (χ3n) is 5.79. The van der Waals surface area contributed by atoms with E-state index in [0.717, 1.165) is 54.9 Å². The van der Waals surface area contributed by atoms with Crippen molar-refractivity contribution in [1.82, 2.24) is 25.1 Å². The Balaban J connectivity index is 1.48. The van der Waals surface area contributed by atoms with Gasteiger partial charge in [0.15, 0.2) is 0 Å².